The Morgan fingerprint density at radius 1 is 1.43 bits per heavy atom. The summed E-state index contributed by atoms with van der Waals surface area (Å²) in [7, 11) is 1.64. The van der Waals surface area contributed by atoms with Crippen molar-refractivity contribution in [2.24, 2.45) is 0 Å². The topological polar surface area (TPSA) is 50.4 Å². The Bertz CT molecular complexity index is 485. The van der Waals surface area contributed by atoms with Crippen LogP contribution in [0.4, 0.5) is 0 Å². The summed E-state index contributed by atoms with van der Waals surface area (Å²) in [6, 6.07) is 5.80. The molecule has 2 unspecified atom stereocenters. The Labute approximate surface area is 134 Å². The molecule has 5 heteroatoms. The van der Waals surface area contributed by atoms with E-state index in [0.717, 1.165) is 41.6 Å². The minimum Gasteiger partial charge on any atom is -0.496 e. The number of rotatable bonds is 4. The highest BCUT2D eigenvalue weighted by Crippen LogP contribution is 2.28. The summed E-state index contributed by atoms with van der Waals surface area (Å²) in [5, 5.41) is 6.42. The maximum absolute atomic E-state index is 12.3. The quantitative estimate of drug-likeness (QED) is 0.872. The Kier molecular flexibility index (Phi) is 6.06. The van der Waals surface area contributed by atoms with E-state index < -0.39 is 0 Å². The molecule has 1 aliphatic heterocycles. The zero-order valence-electron chi connectivity index (χ0n) is 12.6. The molecule has 0 aromatic heterocycles. The predicted molar refractivity (Wildman–Crippen MR) is 87.5 cm³/mol. The van der Waals surface area contributed by atoms with Gasteiger partial charge in [-0.05, 0) is 59.9 Å². The average Bonchev–Trinajstić information content (AvgIpc) is 2.76. The first-order chi connectivity index (χ1) is 10.1. The molecule has 1 heterocycles. The van der Waals surface area contributed by atoms with Crippen LogP contribution in [0.1, 0.15) is 44.2 Å². The highest BCUT2D eigenvalue weighted by atomic mass is 79.9. The Balaban J connectivity index is 1.98. The molecule has 0 bridgehead atoms. The summed E-state index contributed by atoms with van der Waals surface area (Å²) in [6.45, 7) is 2.93. The van der Waals surface area contributed by atoms with Crippen molar-refractivity contribution in [3.63, 3.8) is 0 Å². The van der Waals surface area contributed by atoms with Gasteiger partial charge in [-0.3, -0.25) is 4.79 Å². The molecule has 116 valence electrons. The fourth-order valence-electron chi connectivity index (χ4n) is 2.60. The number of nitrogens with one attached hydrogen (secondary N) is 2. The predicted octanol–water partition coefficient (Wildman–Crippen LogP) is 3.17. The minimum atomic E-state index is -0.0587. The molecule has 2 atom stereocenters. The molecule has 4 nitrogen and oxygen atoms in total. The third kappa shape index (κ3) is 4.45. The number of hydrogen-bond acceptors (Lipinski definition) is 3. The molecule has 0 radical (unpaired) electrons. The summed E-state index contributed by atoms with van der Waals surface area (Å²) in [5.74, 6) is 0.888. The fraction of sp³-hybridized carbons (Fsp3) is 0.562. The second kappa shape index (κ2) is 7.80. The van der Waals surface area contributed by atoms with E-state index in [0.29, 0.717) is 0 Å². The van der Waals surface area contributed by atoms with Crippen LogP contribution in [0.25, 0.3) is 0 Å². The first-order valence-electron chi connectivity index (χ1n) is 7.49. The van der Waals surface area contributed by atoms with E-state index >= 15 is 0 Å². The highest BCUT2D eigenvalue weighted by molar-refractivity contribution is 9.10. The lowest BCUT2D eigenvalue weighted by molar-refractivity contribution is -0.123. The van der Waals surface area contributed by atoms with E-state index in [4.69, 9.17) is 4.74 Å². The van der Waals surface area contributed by atoms with Gasteiger partial charge in [0.15, 0.2) is 0 Å². The van der Waals surface area contributed by atoms with Crippen LogP contribution in [0.15, 0.2) is 22.7 Å². The molecule has 1 aromatic carbocycles. The number of carbonyl (C=O) groups excluding carboxylic acids is 1. The Morgan fingerprint density at radius 3 is 2.95 bits per heavy atom. The SMILES string of the molecule is COc1ccc(C(C)NC(=O)C2CCCCCN2)cc1Br. The van der Waals surface area contributed by atoms with Crippen molar-refractivity contribution in [1.29, 1.82) is 0 Å². The van der Waals surface area contributed by atoms with Crippen molar-refractivity contribution in [1.82, 2.24) is 10.6 Å². The number of methoxy groups -OCH3 is 1. The van der Waals surface area contributed by atoms with Gasteiger partial charge in [-0.1, -0.05) is 18.9 Å². The normalized spacial score (nSPS) is 20.4. The lowest BCUT2D eigenvalue weighted by atomic mass is 10.1. The summed E-state index contributed by atoms with van der Waals surface area (Å²) in [6.07, 6.45) is 4.40. The monoisotopic (exact) mass is 354 g/mol. The van der Waals surface area contributed by atoms with Crippen LogP contribution >= 0.6 is 15.9 Å². The molecule has 0 saturated carbocycles. The highest BCUT2D eigenvalue weighted by Gasteiger charge is 2.21. The van der Waals surface area contributed by atoms with Gasteiger partial charge < -0.3 is 15.4 Å². The van der Waals surface area contributed by atoms with Crippen molar-refractivity contribution in [2.75, 3.05) is 13.7 Å². The van der Waals surface area contributed by atoms with Crippen LogP contribution < -0.4 is 15.4 Å². The van der Waals surface area contributed by atoms with Gasteiger partial charge in [-0.2, -0.15) is 0 Å². The van der Waals surface area contributed by atoms with Crippen molar-refractivity contribution < 1.29 is 9.53 Å². The maximum atomic E-state index is 12.3. The lowest BCUT2D eigenvalue weighted by Gasteiger charge is -2.20. The molecule has 0 aliphatic carbocycles. The zero-order chi connectivity index (χ0) is 15.2. The molecule has 21 heavy (non-hydrogen) atoms. The third-order valence-electron chi connectivity index (χ3n) is 3.91. The molecule has 1 aliphatic rings. The largest absolute Gasteiger partial charge is 0.496 e. The van der Waals surface area contributed by atoms with Gasteiger partial charge in [0, 0.05) is 0 Å². The van der Waals surface area contributed by atoms with Gasteiger partial charge in [0.05, 0.1) is 23.7 Å². The molecule has 1 saturated heterocycles. The molecular weight excluding hydrogens is 332 g/mol. The van der Waals surface area contributed by atoms with E-state index in [2.05, 4.69) is 26.6 Å². The first kappa shape index (κ1) is 16.3. The van der Waals surface area contributed by atoms with Crippen LogP contribution in [0, 0.1) is 0 Å². The van der Waals surface area contributed by atoms with Gasteiger partial charge in [-0.15, -0.1) is 0 Å². The van der Waals surface area contributed by atoms with Crippen molar-refractivity contribution in [2.45, 2.75) is 44.7 Å². The van der Waals surface area contributed by atoms with Gasteiger partial charge in [0.2, 0.25) is 5.91 Å². The zero-order valence-corrected chi connectivity index (χ0v) is 14.2. The van der Waals surface area contributed by atoms with Crippen LogP contribution in [0.5, 0.6) is 5.75 Å². The van der Waals surface area contributed by atoms with Gasteiger partial charge in [-0.25, -0.2) is 0 Å². The molecule has 1 amide bonds. The van der Waals surface area contributed by atoms with Crippen LogP contribution in [-0.4, -0.2) is 25.6 Å². The summed E-state index contributed by atoms with van der Waals surface area (Å²) >= 11 is 3.48. The number of amides is 1. The number of carbonyl (C=O) groups is 1. The first-order valence-corrected chi connectivity index (χ1v) is 8.28. The van der Waals surface area contributed by atoms with E-state index in [1.54, 1.807) is 7.11 Å². The second-order valence-electron chi connectivity index (χ2n) is 5.48. The third-order valence-corrected chi connectivity index (χ3v) is 4.53. The Hall–Kier alpha value is -1.07. The van der Waals surface area contributed by atoms with E-state index in [-0.39, 0.29) is 18.0 Å². The summed E-state index contributed by atoms with van der Waals surface area (Å²) in [4.78, 5) is 12.3. The Morgan fingerprint density at radius 2 is 2.24 bits per heavy atom. The summed E-state index contributed by atoms with van der Waals surface area (Å²) in [5.41, 5.74) is 1.06. The molecule has 2 rings (SSSR count). The van der Waals surface area contributed by atoms with E-state index in [9.17, 15) is 4.79 Å². The van der Waals surface area contributed by atoms with Crippen LogP contribution in [0.3, 0.4) is 0 Å². The van der Waals surface area contributed by atoms with Crippen molar-refractivity contribution in [3.05, 3.63) is 28.2 Å². The number of hydrogen-bond donors (Lipinski definition) is 2. The average molecular weight is 355 g/mol. The van der Waals surface area contributed by atoms with Gasteiger partial charge in [0.25, 0.3) is 0 Å². The van der Waals surface area contributed by atoms with Crippen LogP contribution in [0.2, 0.25) is 0 Å². The molecule has 0 spiro atoms. The van der Waals surface area contributed by atoms with E-state index in [1.807, 2.05) is 25.1 Å². The van der Waals surface area contributed by atoms with Crippen molar-refractivity contribution >= 4 is 21.8 Å². The van der Waals surface area contributed by atoms with Crippen molar-refractivity contribution in [3.8, 4) is 5.75 Å². The second-order valence-corrected chi connectivity index (χ2v) is 6.33. The lowest BCUT2D eigenvalue weighted by Crippen LogP contribution is -2.44. The van der Waals surface area contributed by atoms with E-state index in [1.165, 1.54) is 6.42 Å². The van der Waals surface area contributed by atoms with Crippen LogP contribution in [-0.2, 0) is 4.79 Å². The van der Waals surface area contributed by atoms with Gasteiger partial charge in [0.1, 0.15) is 5.75 Å². The smallest absolute Gasteiger partial charge is 0.237 e. The fourth-order valence-corrected chi connectivity index (χ4v) is 3.16. The number of ether oxygens (including phenoxy) is 1. The molecule has 2 N–H and O–H groups in total. The molecular formula is C16H23BrN2O2. The molecule has 1 fully saturated rings. The summed E-state index contributed by atoms with van der Waals surface area (Å²) < 4.78 is 6.12. The molecule has 1 aromatic rings. The standard InChI is InChI=1S/C16H23BrN2O2/c1-11(12-7-8-15(21-2)13(17)10-12)19-16(20)14-6-4-3-5-9-18-14/h7-8,10-11,14,18H,3-6,9H2,1-2H3,(H,19,20). The van der Waals surface area contributed by atoms with Gasteiger partial charge >= 0.3 is 0 Å². The minimum absolute atomic E-state index is 0.0234. The maximum Gasteiger partial charge on any atom is 0.237 e. The number of halogens is 1. The number of benzene rings is 1.